The Balaban J connectivity index is 1.82. The first-order valence-corrected chi connectivity index (χ1v) is 6.70. The summed E-state index contributed by atoms with van der Waals surface area (Å²) >= 11 is 0. The standard InChI is InChI=1S/C13H20N4/c14-13-10-5-1-2-6-11(10)16-12(17-13)8-9-4-3-7-15-9/h9,15H,1-8H2,(H2,14,16,17). The van der Waals surface area contributed by atoms with E-state index < -0.39 is 0 Å². The van der Waals surface area contributed by atoms with Crippen LogP contribution >= 0.6 is 0 Å². The van der Waals surface area contributed by atoms with Crippen LogP contribution in [0.25, 0.3) is 0 Å². The van der Waals surface area contributed by atoms with Crippen molar-refractivity contribution in [2.45, 2.75) is 51.0 Å². The predicted octanol–water partition coefficient (Wildman–Crippen LogP) is 1.23. The Kier molecular flexibility index (Phi) is 2.97. The molecule has 92 valence electrons. The first-order valence-electron chi connectivity index (χ1n) is 6.70. The highest BCUT2D eigenvalue weighted by atomic mass is 15.0. The van der Waals surface area contributed by atoms with Crippen molar-refractivity contribution in [3.05, 3.63) is 17.1 Å². The summed E-state index contributed by atoms with van der Waals surface area (Å²) in [7, 11) is 0. The van der Waals surface area contributed by atoms with Crippen LogP contribution in [0.4, 0.5) is 5.82 Å². The molecule has 0 saturated carbocycles. The number of hydrogen-bond donors (Lipinski definition) is 2. The van der Waals surface area contributed by atoms with Gasteiger partial charge in [0.05, 0.1) is 0 Å². The lowest BCUT2D eigenvalue weighted by molar-refractivity contribution is 0.577. The maximum absolute atomic E-state index is 6.04. The SMILES string of the molecule is Nc1nc(CC2CCCN2)nc2c1CCCC2. The van der Waals surface area contributed by atoms with Gasteiger partial charge in [0, 0.05) is 23.7 Å². The Labute approximate surface area is 102 Å². The van der Waals surface area contributed by atoms with E-state index in [0.717, 1.165) is 37.4 Å². The van der Waals surface area contributed by atoms with Crippen molar-refractivity contribution in [1.29, 1.82) is 0 Å². The lowest BCUT2D eigenvalue weighted by Gasteiger charge is -2.18. The summed E-state index contributed by atoms with van der Waals surface area (Å²) in [5.41, 5.74) is 8.46. The van der Waals surface area contributed by atoms with E-state index in [0.29, 0.717) is 6.04 Å². The summed E-state index contributed by atoms with van der Waals surface area (Å²) < 4.78 is 0. The molecule has 0 aromatic carbocycles. The summed E-state index contributed by atoms with van der Waals surface area (Å²) in [5.74, 6) is 1.66. The molecule has 4 nitrogen and oxygen atoms in total. The Morgan fingerprint density at radius 2 is 2.06 bits per heavy atom. The summed E-state index contributed by atoms with van der Waals surface area (Å²) in [6, 6.07) is 0.552. The minimum Gasteiger partial charge on any atom is -0.383 e. The summed E-state index contributed by atoms with van der Waals surface area (Å²) in [4.78, 5) is 9.18. The van der Waals surface area contributed by atoms with E-state index in [1.54, 1.807) is 0 Å². The van der Waals surface area contributed by atoms with Gasteiger partial charge in [-0.15, -0.1) is 0 Å². The van der Waals surface area contributed by atoms with Gasteiger partial charge in [-0.1, -0.05) is 0 Å². The summed E-state index contributed by atoms with van der Waals surface area (Å²) in [6.45, 7) is 1.13. The largest absolute Gasteiger partial charge is 0.383 e. The van der Waals surface area contributed by atoms with Crippen molar-refractivity contribution in [2.24, 2.45) is 0 Å². The number of nitrogens with zero attached hydrogens (tertiary/aromatic N) is 2. The van der Waals surface area contributed by atoms with Crippen LogP contribution in [0.15, 0.2) is 0 Å². The molecule has 2 aliphatic rings. The second-order valence-electron chi connectivity index (χ2n) is 5.15. The number of fused-ring (bicyclic) bond motifs is 1. The van der Waals surface area contributed by atoms with Crippen molar-refractivity contribution in [3.63, 3.8) is 0 Å². The zero-order valence-electron chi connectivity index (χ0n) is 10.2. The molecule has 4 heteroatoms. The number of nitrogens with two attached hydrogens (primary N) is 1. The van der Waals surface area contributed by atoms with Crippen molar-refractivity contribution in [2.75, 3.05) is 12.3 Å². The fourth-order valence-corrected chi connectivity index (χ4v) is 2.92. The Hall–Kier alpha value is -1.16. The number of hydrogen-bond acceptors (Lipinski definition) is 4. The third-order valence-corrected chi connectivity index (χ3v) is 3.85. The fraction of sp³-hybridized carbons (Fsp3) is 0.692. The first-order chi connectivity index (χ1) is 8.33. The topological polar surface area (TPSA) is 63.8 Å². The Morgan fingerprint density at radius 1 is 1.18 bits per heavy atom. The molecule has 1 aliphatic carbocycles. The van der Waals surface area contributed by atoms with Gasteiger partial charge in [0.1, 0.15) is 11.6 Å². The molecule has 0 radical (unpaired) electrons. The molecule has 17 heavy (non-hydrogen) atoms. The molecule has 1 saturated heterocycles. The number of aryl methyl sites for hydroxylation is 1. The molecule has 3 rings (SSSR count). The van der Waals surface area contributed by atoms with Crippen molar-refractivity contribution >= 4 is 5.82 Å². The van der Waals surface area contributed by atoms with Crippen LogP contribution in [-0.4, -0.2) is 22.6 Å². The molecule has 1 aromatic heterocycles. The average Bonchev–Trinajstić information content (AvgIpc) is 2.82. The molecule has 3 N–H and O–H groups in total. The predicted molar refractivity (Wildman–Crippen MR) is 67.8 cm³/mol. The third kappa shape index (κ3) is 2.27. The van der Waals surface area contributed by atoms with Gasteiger partial charge >= 0.3 is 0 Å². The molecule has 1 aromatic rings. The second kappa shape index (κ2) is 4.61. The molecule has 2 heterocycles. The highest BCUT2D eigenvalue weighted by Crippen LogP contribution is 2.24. The van der Waals surface area contributed by atoms with Crippen molar-refractivity contribution in [1.82, 2.24) is 15.3 Å². The Morgan fingerprint density at radius 3 is 2.88 bits per heavy atom. The van der Waals surface area contributed by atoms with Gasteiger partial charge in [-0.05, 0) is 45.1 Å². The highest BCUT2D eigenvalue weighted by molar-refractivity contribution is 5.43. The van der Waals surface area contributed by atoms with E-state index in [-0.39, 0.29) is 0 Å². The third-order valence-electron chi connectivity index (χ3n) is 3.85. The zero-order valence-corrected chi connectivity index (χ0v) is 10.2. The van der Waals surface area contributed by atoms with E-state index in [2.05, 4.69) is 10.3 Å². The molecule has 0 amide bonds. The van der Waals surface area contributed by atoms with E-state index in [1.807, 2.05) is 0 Å². The lowest BCUT2D eigenvalue weighted by atomic mass is 9.96. The van der Waals surface area contributed by atoms with Crippen LogP contribution in [0.2, 0.25) is 0 Å². The summed E-state index contributed by atoms with van der Waals surface area (Å²) in [5, 5.41) is 3.48. The van der Waals surface area contributed by atoms with Crippen molar-refractivity contribution < 1.29 is 0 Å². The minimum absolute atomic E-state index is 0.552. The normalized spacial score (nSPS) is 23.6. The molecule has 1 atom stereocenters. The maximum Gasteiger partial charge on any atom is 0.132 e. The molecule has 1 aliphatic heterocycles. The molecule has 1 unspecified atom stereocenters. The first kappa shape index (κ1) is 11.0. The van der Waals surface area contributed by atoms with Gasteiger partial charge in [-0.25, -0.2) is 9.97 Å². The smallest absolute Gasteiger partial charge is 0.132 e. The van der Waals surface area contributed by atoms with Crippen LogP contribution in [0, 0.1) is 0 Å². The van der Waals surface area contributed by atoms with Crippen LogP contribution in [0.5, 0.6) is 0 Å². The maximum atomic E-state index is 6.04. The fourth-order valence-electron chi connectivity index (χ4n) is 2.92. The van der Waals surface area contributed by atoms with Gasteiger partial charge < -0.3 is 11.1 Å². The number of aromatic nitrogens is 2. The van der Waals surface area contributed by atoms with Gasteiger partial charge in [0.25, 0.3) is 0 Å². The molecule has 0 bridgehead atoms. The van der Waals surface area contributed by atoms with Gasteiger partial charge in [0.15, 0.2) is 0 Å². The van der Waals surface area contributed by atoms with E-state index in [9.17, 15) is 0 Å². The Bertz CT molecular complexity index is 410. The second-order valence-corrected chi connectivity index (χ2v) is 5.15. The number of rotatable bonds is 2. The minimum atomic E-state index is 0.552. The van der Waals surface area contributed by atoms with Crippen molar-refractivity contribution in [3.8, 4) is 0 Å². The lowest BCUT2D eigenvalue weighted by Crippen LogP contribution is -2.25. The summed E-state index contributed by atoms with van der Waals surface area (Å²) in [6.07, 6.45) is 8.04. The van der Waals surface area contributed by atoms with Crippen LogP contribution in [-0.2, 0) is 19.3 Å². The van der Waals surface area contributed by atoms with Crippen LogP contribution < -0.4 is 11.1 Å². The molecule has 0 spiro atoms. The van der Waals surface area contributed by atoms with Gasteiger partial charge in [-0.3, -0.25) is 0 Å². The number of nitrogen functional groups attached to an aromatic ring is 1. The highest BCUT2D eigenvalue weighted by Gasteiger charge is 2.19. The molecular weight excluding hydrogens is 212 g/mol. The van der Waals surface area contributed by atoms with Gasteiger partial charge in [-0.2, -0.15) is 0 Å². The molecule has 1 fully saturated rings. The van der Waals surface area contributed by atoms with Crippen LogP contribution in [0.1, 0.15) is 42.8 Å². The quantitative estimate of drug-likeness (QED) is 0.805. The number of nitrogens with one attached hydrogen (secondary N) is 1. The molecular formula is C13H20N4. The average molecular weight is 232 g/mol. The monoisotopic (exact) mass is 232 g/mol. The zero-order chi connectivity index (χ0) is 11.7. The van der Waals surface area contributed by atoms with Gasteiger partial charge in [0.2, 0.25) is 0 Å². The number of anilines is 1. The van der Waals surface area contributed by atoms with E-state index in [1.165, 1.54) is 36.9 Å². The van der Waals surface area contributed by atoms with Crippen LogP contribution in [0.3, 0.4) is 0 Å². The van der Waals surface area contributed by atoms with E-state index in [4.69, 9.17) is 10.7 Å². The van der Waals surface area contributed by atoms with E-state index >= 15 is 0 Å².